The molecule has 0 aromatic heterocycles. The van der Waals surface area contributed by atoms with Gasteiger partial charge in [-0.05, 0) is 60.6 Å². The first-order valence-electron chi connectivity index (χ1n) is 6.97. The average molecular weight is 298 g/mol. The average Bonchev–Trinajstić information content (AvgIpc) is 3.05. The van der Waals surface area contributed by atoms with E-state index < -0.39 is 0 Å². The molecule has 1 saturated heterocycles. The summed E-state index contributed by atoms with van der Waals surface area (Å²) in [5.74, 6) is 4.43. The van der Waals surface area contributed by atoms with Crippen LogP contribution in [0.2, 0.25) is 5.02 Å². The molecule has 2 nitrogen and oxygen atoms in total. The Bertz CT molecular complexity index is 460. The standard InChI is InChI=1S/C15H20ClNOS/c1-17-14(11-3-5-19-9-11)8-12-7-13(16)6-10-2-4-18-15(10)12/h6-7,11,14,17H,2-5,8-9H2,1H3. The van der Waals surface area contributed by atoms with Crippen LogP contribution < -0.4 is 10.1 Å². The molecule has 1 aromatic carbocycles. The Labute approximate surface area is 124 Å². The van der Waals surface area contributed by atoms with Crippen LogP contribution in [0.3, 0.4) is 0 Å². The summed E-state index contributed by atoms with van der Waals surface area (Å²) in [7, 11) is 2.07. The number of rotatable bonds is 4. The third-order valence-electron chi connectivity index (χ3n) is 4.17. The van der Waals surface area contributed by atoms with Gasteiger partial charge in [0, 0.05) is 17.5 Å². The number of halogens is 1. The summed E-state index contributed by atoms with van der Waals surface area (Å²) in [6, 6.07) is 4.66. The highest BCUT2D eigenvalue weighted by molar-refractivity contribution is 7.99. The summed E-state index contributed by atoms with van der Waals surface area (Å²) in [6.07, 6.45) is 3.33. The van der Waals surface area contributed by atoms with Gasteiger partial charge in [-0.2, -0.15) is 11.8 Å². The largest absolute Gasteiger partial charge is 0.493 e. The number of hydrogen-bond donors (Lipinski definition) is 1. The van der Waals surface area contributed by atoms with E-state index in [9.17, 15) is 0 Å². The fraction of sp³-hybridized carbons (Fsp3) is 0.600. The van der Waals surface area contributed by atoms with Crippen molar-refractivity contribution in [2.75, 3.05) is 25.2 Å². The first-order valence-corrected chi connectivity index (χ1v) is 8.50. The molecule has 0 aliphatic carbocycles. The molecule has 0 bridgehead atoms. The second-order valence-electron chi connectivity index (χ2n) is 5.37. The molecule has 0 amide bonds. The van der Waals surface area contributed by atoms with Crippen molar-refractivity contribution in [3.8, 4) is 5.75 Å². The molecule has 1 N–H and O–H groups in total. The summed E-state index contributed by atoms with van der Waals surface area (Å²) in [5, 5.41) is 4.33. The molecule has 4 heteroatoms. The first-order chi connectivity index (χ1) is 9.28. The SMILES string of the molecule is CNC(Cc1cc(Cl)cc2c1OCC2)C1CCSC1. The highest BCUT2D eigenvalue weighted by atomic mass is 35.5. The number of ether oxygens (including phenoxy) is 1. The molecule has 2 atom stereocenters. The van der Waals surface area contributed by atoms with Gasteiger partial charge in [0.25, 0.3) is 0 Å². The smallest absolute Gasteiger partial charge is 0.125 e. The Hall–Kier alpha value is -0.380. The molecular weight excluding hydrogens is 278 g/mol. The molecule has 2 unspecified atom stereocenters. The summed E-state index contributed by atoms with van der Waals surface area (Å²) in [6.45, 7) is 0.798. The van der Waals surface area contributed by atoms with Crippen LogP contribution in [0.5, 0.6) is 5.75 Å². The van der Waals surface area contributed by atoms with E-state index >= 15 is 0 Å². The second-order valence-corrected chi connectivity index (χ2v) is 6.96. The van der Waals surface area contributed by atoms with Crippen molar-refractivity contribution in [2.45, 2.75) is 25.3 Å². The first kappa shape index (κ1) is 13.6. The zero-order valence-electron chi connectivity index (χ0n) is 11.2. The number of nitrogens with one attached hydrogen (secondary N) is 1. The Balaban J connectivity index is 1.81. The van der Waals surface area contributed by atoms with E-state index in [2.05, 4.69) is 30.2 Å². The maximum atomic E-state index is 6.23. The van der Waals surface area contributed by atoms with Gasteiger partial charge in [-0.3, -0.25) is 0 Å². The molecule has 0 spiro atoms. The van der Waals surface area contributed by atoms with Gasteiger partial charge in [0.05, 0.1) is 6.61 Å². The van der Waals surface area contributed by atoms with Gasteiger partial charge in [0.2, 0.25) is 0 Å². The number of thioether (sulfide) groups is 1. The third-order valence-corrected chi connectivity index (χ3v) is 5.58. The molecule has 2 aliphatic rings. The number of hydrogen-bond acceptors (Lipinski definition) is 3. The predicted octanol–water partition coefficient (Wildman–Crippen LogP) is 3.16. The fourth-order valence-corrected chi connectivity index (χ4v) is 4.71. The molecule has 3 rings (SSSR count). The fourth-order valence-electron chi connectivity index (χ4n) is 3.11. The van der Waals surface area contributed by atoms with Gasteiger partial charge in [-0.1, -0.05) is 11.6 Å². The van der Waals surface area contributed by atoms with Crippen LogP contribution in [0, 0.1) is 5.92 Å². The summed E-state index contributed by atoms with van der Waals surface area (Å²) in [5.41, 5.74) is 2.55. The lowest BCUT2D eigenvalue weighted by Crippen LogP contribution is -2.35. The Morgan fingerprint density at radius 1 is 1.53 bits per heavy atom. The number of benzene rings is 1. The molecule has 1 aromatic rings. The van der Waals surface area contributed by atoms with Gasteiger partial charge in [-0.25, -0.2) is 0 Å². The van der Waals surface area contributed by atoms with Gasteiger partial charge in [0.15, 0.2) is 0 Å². The highest BCUT2D eigenvalue weighted by Crippen LogP contribution is 2.35. The Morgan fingerprint density at radius 2 is 2.42 bits per heavy atom. The minimum absolute atomic E-state index is 0.529. The monoisotopic (exact) mass is 297 g/mol. The molecule has 2 heterocycles. The predicted molar refractivity (Wildman–Crippen MR) is 82.6 cm³/mol. The zero-order valence-corrected chi connectivity index (χ0v) is 12.8. The van der Waals surface area contributed by atoms with E-state index in [4.69, 9.17) is 16.3 Å². The van der Waals surface area contributed by atoms with Crippen LogP contribution >= 0.6 is 23.4 Å². The van der Waals surface area contributed by atoms with Crippen molar-refractivity contribution < 1.29 is 4.74 Å². The van der Waals surface area contributed by atoms with Crippen LogP contribution in [0.1, 0.15) is 17.5 Å². The number of likely N-dealkylation sites (N-methyl/N-ethyl adjacent to an activating group) is 1. The lowest BCUT2D eigenvalue weighted by molar-refractivity contribution is 0.346. The van der Waals surface area contributed by atoms with E-state index in [0.717, 1.165) is 36.1 Å². The van der Waals surface area contributed by atoms with Crippen LogP contribution in [0.4, 0.5) is 0 Å². The quantitative estimate of drug-likeness (QED) is 0.922. The molecule has 19 heavy (non-hydrogen) atoms. The highest BCUT2D eigenvalue weighted by Gasteiger charge is 2.27. The summed E-state index contributed by atoms with van der Waals surface area (Å²) >= 11 is 8.30. The second kappa shape index (κ2) is 5.94. The Morgan fingerprint density at radius 3 is 3.16 bits per heavy atom. The maximum Gasteiger partial charge on any atom is 0.125 e. The molecule has 1 fully saturated rings. The number of fused-ring (bicyclic) bond motifs is 1. The zero-order chi connectivity index (χ0) is 13.2. The molecule has 104 valence electrons. The molecule has 2 aliphatic heterocycles. The van der Waals surface area contributed by atoms with Crippen molar-refractivity contribution >= 4 is 23.4 Å². The van der Waals surface area contributed by atoms with Gasteiger partial charge < -0.3 is 10.1 Å². The maximum absolute atomic E-state index is 6.23. The van der Waals surface area contributed by atoms with Crippen molar-refractivity contribution in [1.29, 1.82) is 0 Å². The van der Waals surface area contributed by atoms with Gasteiger partial charge in [-0.15, -0.1) is 0 Å². The minimum atomic E-state index is 0.529. The van der Waals surface area contributed by atoms with E-state index in [1.54, 1.807) is 0 Å². The van der Waals surface area contributed by atoms with Crippen molar-refractivity contribution in [1.82, 2.24) is 5.32 Å². The van der Waals surface area contributed by atoms with Gasteiger partial charge >= 0.3 is 0 Å². The molecule has 0 saturated carbocycles. The van der Waals surface area contributed by atoms with E-state index in [1.165, 1.54) is 29.1 Å². The van der Waals surface area contributed by atoms with Crippen LogP contribution in [-0.4, -0.2) is 31.2 Å². The molecule has 0 radical (unpaired) electrons. The summed E-state index contributed by atoms with van der Waals surface area (Å²) < 4.78 is 5.80. The van der Waals surface area contributed by atoms with E-state index in [-0.39, 0.29) is 0 Å². The normalized spacial score (nSPS) is 23.2. The lowest BCUT2D eigenvalue weighted by atomic mass is 9.92. The van der Waals surface area contributed by atoms with Crippen molar-refractivity contribution in [3.63, 3.8) is 0 Å². The summed E-state index contributed by atoms with van der Waals surface area (Å²) in [4.78, 5) is 0. The van der Waals surface area contributed by atoms with Crippen molar-refractivity contribution in [2.24, 2.45) is 5.92 Å². The third kappa shape index (κ3) is 2.88. The van der Waals surface area contributed by atoms with Crippen LogP contribution in [0.25, 0.3) is 0 Å². The van der Waals surface area contributed by atoms with Gasteiger partial charge in [0.1, 0.15) is 5.75 Å². The Kier molecular flexibility index (Phi) is 4.25. The molecular formula is C15H20ClNOS. The van der Waals surface area contributed by atoms with Crippen molar-refractivity contribution in [3.05, 3.63) is 28.3 Å². The minimum Gasteiger partial charge on any atom is -0.493 e. The topological polar surface area (TPSA) is 21.3 Å². The van der Waals surface area contributed by atoms with E-state index in [1.807, 2.05) is 6.07 Å². The lowest BCUT2D eigenvalue weighted by Gasteiger charge is -2.23. The van der Waals surface area contributed by atoms with Crippen LogP contribution in [-0.2, 0) is 12.8 Å². The van der Waals surface area contributed by atoms with Crippen LogP contribution in [0.15, 0.2) is 12.1 Å². The van der Waals surface area contributed by atoms with E-state index in [0.29, 0.717) is 6.04 Å².